The van der Waals surface area contributed by atoms with Gasteiger partial charge in [-0.05, 0) is 24.1 Å². The molecule has 2 atom stereocenters. The van der Waals surface area contributed by atoms with Gasteiger partial charge in [-0.15, -0.1) is 0 Å². The minimum atomic E-state index is -0.904. The van der Waals surface area contributed by atoms with E-state index in [-0.39, 0.29) is 11.7 Å². The van der Waals surface area contributed by atoms with Crippen LogP contribution in [0.3, 0.4) is 0 Å². The van der Waals surface area contributed by atoms with Crippen LogP contribution in [0, 0.1) is 11.7 Å². The second-order valence-corrected chi connectivity index (χ2v) is 3.80. The number of ether oxygens (including phenoxy) is 1. The van der Waals surface area contributed by atoms with Gasteiger partial charge >= 0.3 is 5.97 Å². The van der Waals surface area contributed by atoms with Crippen LogP contribution in [0.1, 0.15) is 25.3 Å². The van der Waals surface area contributed by atoms with Gasteiger partial charge in [-0.3, -0.25) is 4.79 Å². The summed E-state index contributed by atoms with van der Waals surface area (Å²) in [7, 11) is 1.48. The summed E-state index contributed by atoms with van der Waals surface area (Å²) in [6, 6.07) is 4.12. The van der Waals surface area contributed by atoms with Crippen LogP contribution in [0.4, 0.5) is 4.39 Å². The van der Waals surface area contributed by atoms with E-state index in [1.165, 1.54) is 25.3 Å². The predicted octanol–water partition coefficient (Wildman–Crippen LogP) is 2.66. The second-order valence-electron chi connectivity index (χ2n) is 3.80. The molecule has 0 aliphatic carbocycles. The van der Waals surface area contributed by atoms with Gasteiger partial charge in [0.15, 0.2) is 0 Å². The van der Waals surface area contributed by atoms with Gasteiger partial charge in [0, 0.05) is 5.56 Å². The number of rotatable bonds is 4. The summed E-state index contributed by atoms with van der Waals surface area (Å²) < 4.78 is 18.2. The molecule has 4 heteroatoms. The Morgan fingerprint density at radius 2 is 2.06 bits per heavy atom. The van der Waals surface area contributed by atoms with Crippen LogP contribution in [-0.2, 0) is 4.79 Å². The molecule has 1 rings (SSSR count). The summed E-state index contributed by atoms with van der Waals surface area (Å²) in [6.45, 7) is 3.34. The van der Waals surface area contributed by atoms with Crippen LogP contribution in [0.25, 0.3) is 0 Å². The van der Waals surface area contributed by atoms with Crippen molar-refractivity contribution < 1.29 is 19.0 Å². The highest BCUT2D eigenvalue weighted by Crippen LogP contribution is 2.32. The van der Waals surface area contributed by atoms with E-state index in [2.05, 4.69) is 0 Å². The minimum absolute atomic E-state index is 0.303. The highest BCUT2D eigenvalue weighted by atomic mass is 19.1. The lowest BCUT2D eigenvalue weighted by molar-refractivity contribution is -0.141. The Morgan fingerprint density at radius 1 is 1.44 bits per heavy atom. The molecule has 0 radical (unpaired) electrons. The Labute approximate surface area is 93.9 Å². The summed E-state index contributed by atoms with van der Waals surface area (Å²) in [5.74, 6) is -1.67. The summed E-state index contributed by atoms with van der Waals surface area (Å²) >= 11 is 0. The zero-order valence-corrected chi connectivity index (χ0v) is 9.53. The van der Waals surface area contributed by atoms with Crippen molar-refractivity contribution in [3.8, 4) is 5.75 Å². The molecule has 0 saturated heterocycles. The molecule has 0 heterocycles. The molecule has 0 bridgehead atoms. The van der Waals surface area contributed by atoms with Crippen molar-refractivity contribution in [2.24, 2.45) is 5.92 Å². The molecular formula is C12H15FO3. The fourth-order valence-electron chi connectivity index (χ4n) is 1.54. The first-order valence-electron chi connectivity index (χ1n) is 5.03. The van der Waals surface area contributed by atoms with Crippen molar-refractivity contribution in [3.05, 3.63) is 29.6 Å². The third-order valence-electron chi connectivity index (χ3n) is 2.82. The largest absolute Gasteiger partial charge is 0.496 e. The van der Waals surface area contributed by atoms with Gasteiger partial charge in [0.1, 0.15) is 11.6 Å². The van der Waals surface area contributed by atoms with Crippen LogP contribution in [-0.4, -0.2) is 18.2 Å². The van der Waals surface area contributed by atoms with E-state index in [1.807, 2.05) is 0 Å². The van der Waals surface area contributed by atoms with Gasteiger partial charge in [-0.1, -0.05) is 13.8 Å². The molecular weight excluding hydrogens is 211 g/mol. The Hall–Kier alpha value is -1.58. The predicted molar refractivity (Wildman–Crippen MR) is 58.2 cm³/mol. The number of methoxy groups -OCH3 is 1. The van der Waals surface area contributed by atoms with Gasteiger partial charge in [0.05, 0.1) is 13.0 Å². The average Bonchev–Trinajstić information content (AvgIpc) is 2.26. The van der Waals surface area contributed by atoms with E-state index < -0.39 is 11.9 Å². The van der Waals surface area contributed by atoms with E-state index in [9.17, 15) is 9.18 Å². The van der Waals surface area contributed by atoms with E-state index >= 15 is 0 Å². The number of carbonyl (C=O) groups is 1. The standard InChI is InChI=1S/C12H15FO3/c1-7(8(2)12(14)15)10-6-9(13)4-5-11(10)16-3/h4-8H,1-3H3,(H,14,15). The summed E-state index contributed by atoms with van der Waals surface area (Å²) in [4.78, 5) is 10.9. The van der Waals surface area contributed by atoms with E-state index in [1.54, 1.807) is 13.8 Å². The number of carboxylic acid groups (broad SMARTS) is 1. The Balaban J connectivity index is 3.10. The van der Waals surface area contributed by atoms with Crippen molar-refractivity contribution in [1.82, 2.24) is 0 Å². The number of aliphatic carboxylic acids is 1. The molecule has 0 amide bonds. The maximum atomic E-state index is 13.1. The zero-order chi connectivity index (χ0) is 12.3. The van der Waals surface area contributed by atoms with Crippen molar-refractivity contribution in [3.63, 3.8) is 0 Å². The maximum Gasteiger partial charge on any atom is 0.306 e. The van der Waals surface area contributed by atoms with E-state index in [4.69, 9.17) is 9.84 Å². The lowest BCUT2D eigenvalue weighted by Crippen LogP contribution is -2.17. The molecule has 1 aromatic carbocycles. The van der Waals surface area contributed by atoms with Crippen LogP contribution in [0.5, 0.6) is 5.75 Å². The van der Waals surface area contributed by atoms with Crippen LogP contribution in [0.2, 0.25) is 0 Å². The van der Waals surface area contributed by atoms with Gasteiger partial charge < -0.3 is 9.84 Å². The molecule has 0 aliphatic heterocycles. The number of benzene rings is 1. The van der Waals surface area contributed by atoms with Gasteiger partial charge in [-0.25, -0.2) is 4.39 Å². The van der Waals surface area contributed by atoms with Crippen molar-refractivity contribution in [2.75, 3.05) is 7.11 Å². The molecule has 88 valence electrons. The fourth-order valence-corrected chi connectivity index (χ4v) is 1.54. The Bertz CT molecular complexity index is 390. The SMILES string of the molecule is COc1ccc(F)cc1C(C)C(C)C(=O)O. The lowest BCUT2D eigenvalue weighted by atomic mass is 9.88. The van der Waals surface area contributed by atoms with Crippen LogP contribution < -0.4 is 4.74 Å². The van der Waals surface area contributed by atoms with Crippen molar-refractivity contribution in [2.45, 2.75) is 19.8 Å². The highest BCUT2D eigenvalue weighted by molar-refractivity contribution is 5.71. The molecule has 0 saturated carbocycles. The summed E-state index contributed by atoms with van der Waals surface area (Å²) in [5.41, 5.74) is 0.581. The summed E-state index contributed by atoms with van der Waals surface area (Å²) in [6.07, 6.45) is 0. The first-order chi connectivity index (χ1) is 7.47. The molecule has 0 aliphatic rings. The molecule has 0 fully saturated rings. The third-order valence-corrected chi connectivity index (χ3v) is 2.82. The molecule has 1 N–H and O–H groups in total. The van der Waals surface area contributed by atoms with Gasteiger partial charge in [0.25, 0.3) is 0 Å². The molecule has 0 aromatic heterocycles. The highest BCUT2D eigenvalue weighted by Gasteiger charge is 2.23. The monoisotopic (exact) mass is 226 g/mol. The van der Waals surface area contributed by atoms with Crippen molar-refractivity contribution >= 4 is 5.97 Å². The first-order valence-corrected chi connectivity index (χ1v) is 5.03. The van der Waals surface area contributed by atoms with Crippen molar-refractivity contribution in [1.29, 1.82) is 0 Å². The number of hydrogen-bond acceptors (Lipinski definition) is 2. The molecule has 3 nitrogen and oxygen atoms in total. The lowest BCUT2D eigenvalue weighted by Gasteiger charge is -2.19. The quantitative estimate of drug-likeness (QED) is 0.858. The zero-order valence-electron chi connectivity index (χ0n) is 9.53. The third kappa shape index (κ3) is 2.51. The molecule has 2 unspecified atom stereocenters. The topological polar surface area (TPSA) is 46.5 Å². The normalized spacial score (nSPS) is 14.2. The molecule has 1 aromatic rings. The maximum absolute atomic E-state index is 13.1. The first kappa shape index (κ1) is 12.5. The second kappa shape index (κ2) is 4.96. The van der Waals surface area contributed by atoms with Crippen LogP contribution >= 0.6 is 0 Å². The number of hydrogen-bond donors (Lipinski definition) is 1. The Morgan fingerprint density at radius 3 is 2.56 bits per heavy atom. The minimum Gasteiger partial charge on any atom is -0.496 e. The smallest absolute Gasteiger partial charge is 0.306 e. The van der Waals surface area contributed by atoms with E-state index in [0.29, 0.717) is 11.3 Å². The van der Waals surface area contributed by atoms with Gasteiger partial charge in [0.2, 0.25) is 0 Å². The summed E-state index contributed by atoms with van der Waals surface area (Å²) in [5, 5.41) is 8.91. The number of carboxylic acids is 1. The van der Waals surface area contributed by atoms with Gasteiger partial charge in [-0.2, -0.15) is 0 Å². The van der Waals surface area contributed by atoms with E-state index in [0.717, 1.165) is 0 Å². The van der Waals surface area contributed by atoms with Crippen LogP contribution in [0.15, 0.2) is 18.2 Å². The molecule has 0 spiro atoms. The molecule has 16 heavy (non-hydrogen) atoms. The average molecular weight is 226 g/mol. The Kier molecular flexibility index (Phi) is 3.88. The fraction of sp³-hybridized carbons (Fsp3) is 0.417. The number of halogens is 1.